The highest BCUT2D eigenvalue weighted by Gasteiger charge is 2.07. The molecule has 2 heterocycles. The van der Waals surface area contributed by atoms with E-state index in [0.717, 1.165) is 16.9 Å². The molecule has 1 aromatic carbocycles. The van der Waals surface area contributed by atoms with Gasteiger partial charge in [0.1, 0.15) is 5.82 Å². The summed E-state index contributed by atoms with van der Waals surface area (Å²) in [6.07, 6.45) is 3.45. The normalized spacial score (nSPS) is 10.4. The van der Waals surface area contributed by atoms with Crippen molar-refractivity contribution in [1.82, 2.24) is 15.0 Å². The maximum Gasteiger partial charge on any atom is 0.225 e. The molecule has 0 saturated heterocycles. The molecule has 0 aliphatic rings. The van der Waals surface area contributed by atoms with E-state index in [-0.39, 0.29) is 6.61 Å². The molecule has 3 N–H and O–H groups in total. The molecular weight excluding hydrogens is 326 g/mol. The molecule has 2 aromatic heterocycles. The third-order valence-electron chi connectivity index (χ3n) is 3.19. The third kappa shape index (κ3) is 4.18. The van der Waals surface area contributed by atoms with Crippen LogP contribution < -0.4 is 10.6 Å². The van der Waals surface area contributed by atoms with Crippen LogP contribution in [-0.2, 0) is 0 Å². The molecule has 0 saturated carbocycles. The monoisotopic (exact) mass is 341 g/mol. The van der Waals surface area contributed by atoms with Gasteiger partial charge < -0.3 is 15.7 Å². The van der Waals surface area contributed by atoms with Crippen LogP contribution in [0.4, 0.5) is 17.5 Å². The lowest BCUT2D eigenvalue weighted by molar-refractivity contribution is 0.311. The molecule has 3 rings (SSSR count). The quantitative estimate of drug-likeness (QED) is 0.638. The summed E-state index contributed by atoms with van der Waals surface area (Å²) in [5, 5.41) is 15.9. The van der Waals surface area contributed by atoms with Crippen molar-refractivity contribution in [2.45, 2.75) is 0 Å². The lowest BCUT2D eigenvalue weighted by Crippen LogP contribution is -2.10. The number of rotatable bonds is 6. The Balaban J connectivity index is 1.93. The summed E-state index contributed by atoms with van der Waals surface area (Å²) >= 11 is 5.91. The molecule has 3 aromatic rings. The number of aliphatic hydroxyl groups excluding tert-OH is 1. The van der Waals surface area contributed by atoms with E-state index < -0.39 is 0 Å². The smallest absolute Gasteiger partial charge is 0.225 e. The number of aliphatic hydroxyl groups is 1. The first-order chi connectivity index (χ1) is 11.7. The summed E-state index contributed by atoms with van der Waals surface area (Å²) in [4.78, 5) is 13.0. The minimum absolute atomic E-state index is 0.000423. The molecule has 0 fully saturated rings. The molecule has 0 unspecified atom stereocenters. The summed E-state index contributed by atoms with van der Waals surface area (Å²) in [6.45, 7) is 0.372. The zero-order valence-electron chi connectivity index (χ0n) is 12.8. The molecule has 0 bridgehead atoms. The fourth-order valence-electron chi connectivity index (χ4n) is 2.10. The largest absolute Gasteiger partial charge is 0.395 e. The van der Waals surface area contributed by atoms with Crippen molar-refractivity contribution in [3.63, 3.8) is 0 Å². The minimum Gasteiger partial charge on any atom is -0.395 e. The van der Waals surface area contributed by atoms with Crippen LogP contribution in [0.1, 0.15) is 0 Å². The molecule has 7 heteroatoms. The van der Waals surface area contributed by atoms with Gasteiger partial charge in [-0.2, -0.15) is 4.98 Å². The average molecular weight is 342 g/mol. The van der Waals surface area contributed by atoms with Crippen molar-refractivity contribution < 1.29 is 5.11 Å². The maximum atomic E-state index is 8.99. The average Bonchev–Trinajstić information content (AvgIpc) is 2.62. The van der Waals surface area contributed by atoms with Crippen LogP contribution in [0.5, 0.6) is 0 Å². The van der Waals surface area contributed by atoms with E-state index in [9.17, 15) is 0 Å². The zero-order valence-corrected chi connectivity index (χ0v) is 13.5. The lowest BCUT2D eigenvalue weighted by Gasteiger charge is -2.11. The van der Waals surface area contributed by atoms with Gasteiger partial charge in [-0.15, -0.1) is 0 Å². The van der Waals surface area contributed by atoms with Crippen LogP contribution >= 0.6 is 11.6 Å². The number of aromatic nitrogens is 3. The molecule has 0 amide bonds. The zero-order chi connectivity index (χ0) is 16.8. The Labute approximate surface area is 144 Å². The van der Waals surface area contributed by atoms with Crippen molar-refractivity contribution in [2.75, 3.05) is 23.8 Å². The maximum absolute atomic E-state index is 8.99. The summed E-state index contributed by atoms with van der Waals surface area (Å²) in [7, 11) is 0. The van der Waals surface area contributed by atoms with Crippen molar-refractivity contribution in [3.8, 4) is 11.3 Å². The molecule has 6 nitrogen and oxygen atoms in total. The first kappa shape index (κ1) is 16.2. The van der Waals surface area contributed by atoms with Gasteiger partial charge in [0.25, 0.3) is 0 Å². The van der Waals surface area contributed by atoms with Gasteiger partial charge in [-0.3, -0.25) is 4.98 Å². The van der Waals surface area contributed by atoms with Gasteiger partial charge >= 0.3 is 0 Å². The van der Waals surface area contributed by atoms with E-state index in [1.807, 2.05) is 30.3 Å². The molecular formula is C17H16ClN5O. The number of nitrogens with one attached hydrogen (secondary N) is 2. The number of anilines is 3. The van der Waals surface area contributed by atoms with Gasteiger partial charge in [0.2, 0.25) is 5.95 Å². The lowest BCUT2D eigenvalue weighted by atomic mass is 10.2. The number of hydrogen-bond acceptors (Lipinski definition) is 6. The Morgan fingerprint density at radius 2 is 1.92 bits per heavy atom. The Bertz CT molecular complexity index is 796. The number of pyridine rings is 1. The summed E-state index contributed by atoms with van der Waals surface area (Å²) in [5.74, 6) is 1.06. The van der Waals surface area contributed by atoms with Gasteiger partial charge in [-0.05, 0) is 36.4 Å². The summed E-state index contributed by atoms with van der Waals surface area (Å²) < 4.78 is 0. The summed E-state index contributed by atoms with van der Waals surface area (Å²) in [6, 6.07) is 13.0. The van der Waals surface area contributed by atoms with Crippen molar-refractivity contribution in [1.29, 1.82) is 0 Å². The highest BCUT2D eigenvalue weighted by atomic mass is 35.5. The third-order valence-corrected chi connectivity index (χ3v) is 3.45. The topological polar surface area (TPSA) is 83.0 Å². The number of nitrogens with zero attached hydrogens (tertiary/aromatic N) is 3. The predicted octanol–water partition coefficient (Wildman–Crippen LogP) is 3.34. The number of hydrogen-bond donors (Lipinski definition) is 3. The second-order valence-corrected chi connectivity index (χ2v) is 5.42. The van der Waals surface area contributed by atoms with Gasteiger partial charge in [0.15, 0.2) is 0 Å². The number of halogens is 1. The first-order valence-electron chi connectivity index (χ1n) is 7.41. The molecule has 0 atom stereocenters. The second kappa shape index (κ2) is 7.72. The van der Waals surface area contributed by atoms with Crippen molar-refractivity contribution in [2.24, 2.45) is 0 Å². The fraction of sp³-hybridized carbons (Fsp3) is 0.118. The van der Waals surface area contributed by atoms with Crippen LogP contribution in [-0.4, -0.2) is 33.2 Å². The molecule has 0 aliphatic heterocycles. The van der Waals surface area contributed by atoms with Crippen LogP contribution in [0.25, 0.3) is 11.3 Å². The summed E-state index contributed by atoms with van der Waals surface area (Å²) in [5.41, 5.74) is 2.48. The second-order valence-electron chi connectivity index (χ2n) is 4.99. The minimum atomic E-state index is 0.000423. The highest BCUT2D eigenvalue weighted by Crippen LogP contribution is 2.23. The molecule has 0 aliphatic carbocycles. The molecule has 0 spiro atoms. The van der Waals surface area contributed by atoms with Crippen LogP contribution in [0, 0.1) is 0 Å². The molecule has 24 heavy (non-hydrogen) atoms. The SMILES string of the molecule is OCCNc1nc(Nc2ccc(Cl)cc2)cc(-c2cccnc2)n1. The van der Waals surface area contributed by atoms with E-state index in [1.54, 1.807) is 24.5 Å². The Morgan fingerprint density at radius 3 is 2.62 bits per heavy atom. The van der Waals surface area contributed by atoms with E-state index in [2.05, 4.69) is 25.6 Å². The fourth-order valence-corrected chi connectivity index (χ4v) is 2.23. The van der Waals surface area contributed by atoms with E-state index in [4.69, 9.17) is 16.7 Å². The predicted molar refractivity (Wildman–Crippen MR) is 95.6 cm³/mol. The van der Waals surface area contributed by atoms with Crippen LogP contribution in [0.15, 0.2) is 54.9 Å². The standard InChI is InChI=1S/C17H16ClN5O/c18-13-3-5-14(6-4-13)21-16-10-15(12-2-1-7-19-11-12)22-17(23-16)20-8-9-24/h1-7,10-11,24H,8-9H2,(H2,20,21,22,23). The van der Waals surface area contributed by atoms with E-state index >= 15 is 0 Å². The highest BCUT2D eigenvalue weighted by molar-refractivity contribution is 6.30. The van der Waals surface area contributed by atoms with E-state index in [0.29, 0.717) is 23.3 Å². The Hall–Kier alpha value is -2.70. The van der Waals surface area contributed by atoms with Gasteiger partial charge in [0, 0.05) is 41.3 Å². The van der Waals surface area contributed by atoms with E-state index in [1.165, 1.54) is 0 Å². The molecule has 122 valence electrons. The van der Waals surface area contributed by atoms with Crippen LogP contribution in [0.3, 0.4) is 0 Å². The molecule has 0 radical (unpaired) electrons. The number of benzene rings is 1. The Morgan fingerprint density at radius 1 is 1.08 bits per heavy atom. The Kier molecular flexibility index (Phi) is 5.20. The van der Waals surface area contributed by atoms with Gasteiger partial charge in [-0.25, -0.2) is 4.98 Å². The first-order valence-corrected chi connectivity index (χ1v) is 7.79. The van der Waals surface area contributed by atoms with Crippen molar-refractivity contribution in [3.05, 3.63) is 59.9 Å². The van der Waals surface area contributed by atoms with Gasteiger partial charge in [0.05, 0.1) is 12.3 Å². The van der Waals surface area contributed by atoms with Gasteiger partial charge in [-0.1, -0.05) is 11.6 Å². The van der Waals surface area contributed by atoms with Crippen LogP contribution in [0.2, 0.25) is 5.02 Å². The van der Waals surface area contributed by atoms with Crippen molar-refractivity contribution >= 4 is 29.1 Å².